The van der Waals surface area contributed by atoms with Gasteiger partial charge in [-0.2, -0.15) is 0 Å². The Balaban J connectivity index is 4.77. The maximum atomic E-state index is 12.9. The second kappa shape index (κ2) is 53.9. The van der Waals surface area contributed by atoms with Gasteiger partial charge in [0.15, 0.2) is 6.10 Å². The average Bonchev–Trinajstić information content (AvgIpc) is 3.37. The van der Waals surface area contributed by atoms with Gasteiger partial charge in [-0.25, -0.2) is 4.57 Å². The minimum absolute atomic E-state index is 0.142. The summed E-state index contributed by atoms with van der Waals surface area (Å²) >= 11 is 0. The Morgan fingerprint density at radius 3 is 1.12 bits per heavy atom. The van der Waals surface area contributed by atoms with Crippen molar-refractivity contribution in [2.24, 2.45) is 0 Å². The lowest BCUT2D eigenvalue weighted by Gasteiger charge is -2.21. The van der Waals surface area contributed by atoms with Gasteiger partial charge in [-0.1, -0.05) is 215 Å². The molecule has 12 heteroatoms. The fraction of sp³-hybridized carbons (Fsp3) is 0.717. The Labute approximate surface area is 439 Å². The van der Waals surface area contributed by atoms with Crippen molar-refractivity contribution in [1.82, 2.24) is 0 Å². The zero-order valence-electron chi connectivity index (χ0n) is 45.6. The quantitative estimate of drug-likeness (QED) is 0.0197. The van der Waals surface area contributed by atoms with Crippen LogP contribution in [0, 0.1) is 0 Å². The fourth-order valence-corrected chi connectivity index (χ4v) is 8.32. The predicted octanol–water partition coefficient (Wildman–Crippen LogP) is 16.7. The van der Waals surface area contributed by atoms with E-state index < -0.39 is 57.8 Å². The molecule has 0 aromatic carbocycles. The fourth-order valence-electron chi connectivity index (χ4n) is 7.54. The molecule has 0 amide bonds. The third kappa shape index (κ3) is 51.6. The third-order valence-electron chi connectivity index (χ3n) is 11.8. The van der Waals surface area contributed by atoms with E-state index in [0.29, 0.717) is 19.3 Å². The summed E-state index contributed by atoms with van der Waals surface area (Å²) in [6, 6.07) is 0. The maximum absolute atomic E-state index is 12.9. The first-order valence-corrected chi connectivity index (χ1v) is 30.0. The van der Waals surface area contributed by atoms with Gasteiger partial charge in [0.05, 0.1) is 19.8 Å². The molecule has 3 atom stereocenters. The zero-order valence-corrected chi connectivity index (χ0v) is 46.5. The number of ether oxygens (including phenoxy) is 3. The first-order valence-electron chi connectivity index (χ1n) is 28.5. The van der Waals surface area contributed by atoms with Crippen LogP contribution in [0.3, 0.4) is 0 Å². The summed E-state index contributed by atoms with van der Waals surface area (Å²) in [5.41, 5.74) is 0. The van der Waals surface area contributed by atoms with E-state index in [-0.39, 0.29) is 25.9 Å². The van der Waals surface area contributed by atoms with Crippen LogP contribution >= 0.6 is 7.82 Å². The zero-order chi connectivity index (χ0) is 52.7. The van der Waals surface area contributed by atoms with Crippen molar-refractivity contribution in [3.05, 3.63) is 85.1 Å². The van der Waals surface area contributed by atoms with Gasteiger partial charge in [0.25, 0.3) is 0 Å². The van der Waals surface area contributed by atoms with Crippen molar-refractivity contribution in [2.75, 3.05) is 26.4 Å². The number of phosphoric acid groups is 1. The van der Waals surface area contributed by atoms with Gasteiger partial charge >= 0.3 is 25.7 Å². The molecule has 414 valence electrons. The summed E-state index contributed by atoms with van der Waals surface area (Å²) in [7, 11) is -4.76. The molecule has 0 fully saturated rings. The van der Waals surface area contributed by atoms with Crippen LogP contribution in [0.4, 0.5) is 0 Å². The summed E-state index contributed by atoms with van der Waals surface area (Å²) in [4.78, 5) is 48.5. The van der Waals surface area contributed by atoms with Gasteiger partial charge in [-0.3, -0.25) is 23.4 Å². The summed E-state index contributed by atoms with van der Waals surface area (Å²) in [6.07, 6.45) is 61.1. The molecular formula is C60H103O11P. The molecule has 0 aliphatic carbocycles. The highest BCUT2D eigenvalue weighted by molar-refractivity contribution is 7.47. The second-order valence-electron chi connectivity index (χ2n) is 18.7. The number of phosphoric ester groups is 1. The van der Waals surface area contributed by atoms with Gasteiger partial charge in [0.2, 0.25) is 0 Å². The normalized spacial score (nSPS) is 14.0. The molecule has 0 aromatic rings. The predicted molar refractivity (Wildman–Crippen MR) is 298 cm³/mol. The standard InChI is InChI=1S/C60H103O11P/c1-4-7-10-13-16-19-22-25-26-27-28-29-30-33-36-39-42-45-48-51-60(64)71-57(53-67-58(62)49-46-43-40-37-34-31-23-20-17-14-11-8-5-2)55-69-72(65,66)68-54-56(52-61)70-59(63)50-47-44-41-38-35-32-24-21-18-15-12-9-6-3/h7-8,10-11,16-17,19-20,25-26,28-29,31,34,56-57,61H,4-6,9,12-15,18,21-24,27,30,32-33,35-55H2,1-3H3,(H,65,66)/b10-7-,11-8-,19-16-,20-17-,26-25-,29-28-,34-31-. The van der Waals surface area contributed by atoms with E-state index in [1.807, 2.05) is 0 Å². The number of hydrogen-bond donors (Lipinski definition) is 2. The summed E-state index contributed by atoms with van der Waals surface area (Å²) < 4.78 is 39.5. The average molecular weight is 1030 g/mol. The minimum atomic E-state index is -4.76. The van der Waals surface area contributed by atoms with Gasteiger partial charge in [-0.15, -0.1) is 0 Å². The van der Waals surface area contributed by atoms with Gasteiger partial charge in [0.1, 0.15) is 12.7 Å². The van der Waals surface area contributed by atoms with Crippen molar-refractivity contribution in [3.8, 4) is 0 Å². The molecule has 2 N–H and O–H groups in total. The van der Waals surface area contributed by atoms with Gasteiger partial charge in [0, 0.05) is 19.3 Å². The highest BCUT2D eigenvalue weighted by Gasteiger charge is 2.28. The largest absolute Gasteiger partial charge is 0.472 e. The minimum Gasteiger partial charge on any atom is -0.462 e. The lowest BCUT2D eigenvalue weighted by molar-refractivity contribution is -0.161. The first-order chi connectivity index (χ1) is 35.2. The van der Waals surface area contributed by atoms with E-state index in [1.165, 1.54) is 57.8 Å². The smallest absolute Gasteiger partial charge is 0.462 e. The first kappa shape index (κ1) is 68.7. The molecule has 0 saturated carbocycles. The monoisotopic (exact) mass is 1030 g/mol. The number of esters is 3. The molecule has 72 heavy (non-hydrogen) atoms. The second-order valence-corrected chi connectivity index (χ2v) is 20.1. The van der Waals surface area contributed by atoms with Crippen LogP contribution in [-0.4, -0.2) is 66.5 Å². The van der Waals surface area contributed by atoms with E-state index in [2.05, 4.69) is 106 Å². The number of allylic oxidation sites excluding steroid dienone is 14. The van der Waals surface area contributed by atoms with E-state index in [4.69, 9.17) is 23.3 Å². The third-order valence-corrected chi connectivity index (χ3v) is 12.8. The van der Waals surface area contributed by atoms with Crippen LogP contribution in [0.1, 0.15) is 239 Å². The molecule has 0 aliphatic heterocycles. The number of carbonyl (C=O) groups is 3. The molecule has 0 aromatic heterocycles. The molecule has 3 unspecified atom stereocenters. The molecule has 0 heterocycles. The van der Waals surface area contributed by atoms with Crippen LogP contribution in [-0.2, 0) is 42.2 Å². The molecule has 0 rings (SSSR count). The summed E-state index contributed by atoms with van der Waals surface area (Å²) in [6.45, 7) is 4.37. The van der Waals surface area contributed by atoms with E-state index >= 15 is 0 Å². The molecule has 0 radical (unpaired) electrons. The maximum Gasteiger partial charge on any atom is 0.472 e. The van der Waals surface area contributed by atoms with Crippen molar-refractivity contribution < 1.29 is 52.2 Å². The van der Waals surface area contributed by atoms with E-state index in [9.17, 15) is 28.9 Å². The highest BCUT2D eigenvalue weighted by atomic mass is 31.2. The molecule has 0 bridgehead atoms. The van der Waals surface area contributed by atoms with Gasteiger partial charge in [-0.05, 0) is 89.9 Å². The summed E-state index contributed by atoms with van der Waals surface area (Å²) in [5.74, 6) is -1.52. The molecule has 0 saturated heterocycles. The number of aliphatic hydroxyl groups is 1. The van der Waals surface area contributed by atoms with Crippen LogP contribution in [0.25, 0.3) is 0 Å². The summed E-state index contributed by atoms with van der Waals surface area (Å²) in [5, 5.41) is 9.80. The van der Waals surface area contributed by atoms with Crippen molar-refractivity contribution >= 4 is 25.7 Å². The Hall–Kier alpha value is -3.34. The van der Waals surface area contributed by atoms with Crippen molar-refractivity contribution in [2.45, 2.75) is 251 Å². The molecule has 0 aliphatic rings. The number of carbonyl (C=O) groups excluding carboxylic acids is 3. The lowest BCUT2D eigenvalue weighted by Crippen LogP contribution is -2.30. The van der Waals surface area contributed by atoms with Crippen molar-refractivity contribution in [3.63, 3.8) is 0 Å². The number of hydrogen-bond acceptors (Lipinski definition) is 10. The molecule has 11 nitrogen and oxygen atoms in total. The van der Waals surface area contributed by atoms with Crippen LogP contribution in [0.2, 0.25) is 0 Å². The molecular weight excluding hydrogens is 928 g/mol. The van der Waals surface area contributed by atoms with Crippen molar-refractivity contribution in [1.29, 1.82) is 0 Å². The number of unbranched alkanes of at least 4 members (excludes halogenated alkanes) is 21. The van der Waals surface area contributed by atoms with Gasteiger partial charge < -0.3 is 24.2 Å². The van der Waals surface area contributed by atoms with Crippen LogP contribution in [0.15, 0.2) is 85.1 Å². The van der Waals surface area contributed by atoms with E-state index in [1.54, 1.807) is 0 Å². The Morgan fingerprint density at radius 1 is 0.403 bits per heavy atom. The highest BCUT2D eigenvalue weighted by Crippen LogP contribution is 2.43. The number of aliphatic hydroxyl groups excluding tert-OH is 1. The molecule has 0 spiro atoms. The Bertz CT molecular complexity index is 1530. The van der Waals surface area contributed by atoms with Crippen LogP contribution < -0.4 is 0 Å². The van der Waals surface area contributed by atoms with Crippen LogP contribution in [0.5, 0.6) is 0 Å². The van der Waals surface area contributed by atoms with E-state index in [0.717, 1.165) is 122 Å². The topological polar surface area (TPSA) is 155 Å². The number of rotatable bonds is 52. The Kier molecular flexibility index (Phi) is 51.4. The SMILES string of the molecule is CC/C=C\C/C=C\C/C=C\C/C=C\CCCCCCCCC(=O)OC(COC(=O)CCCCC/C=C\C/C=C\C/C=C\CC)COP(=O)(O)OCC(CO)OC(=O)CCCCCCCCCCCCCCC. The Morgan fingerprint density at radius 2 is 0.722 bits per heavy atom. The lowest BCUT2D eigenvalue weighted by atomic mass is 10.0.